The third kappa shape index (κ3) is 9.30. The van der Waals surface area contributed by atoms with E-state index in [1.54, 1.807) is 17.0 Å². The van der Waals surface area contributed by atoms with Gasteiger partial charge in [-0.15, -0.1) is 0 Å². The van der Waals surface area contributed by atoms with E-state index < -0.39 is 16.1 Å². The fraction of sp³-hybridized carbons (Fsp3) is 0.500. The molecule has 1 atom stereocenters. The molecule has 0 saturated heterocycles. The molecule has 0 aliphatic heterocycles. The summed E-state index contributed by atoms with van der Waals surface area (Å²) in [6.07, 6.45) is 4.71. The maximum atomic E-state index is 13.4. The monoisotopic (exact) mass is 515 g/mol. The van der Waals surface area contributed by atoms with E-state index in [9.17, 15) is 18.0 Å². The zero-order valence-corrected chi connectivity index (χ0v) is 22.9. The van der Waals surface area contributed by atoms with Crippen molar-refractivity contribution < 1.29 is 18.0 Å². The van der Waals surface area contributed by atoms with Crippen molar-refractivity contribution in [1.82, 2.24) is 10.2 Å². The van der Waals surface area contributed by atoms with E-state index in [0.29, 0.717) is 38.0 Å². The van der Waals surface area contributed by atoms with Gasteiger partial charge in [0.1, 0.15) is 6.04 Å². The summed E-state index contributed by atoms with van der Waals surface area (Å²) in [5.74, 6) is -0.273. The summed E-state index contributed by atoms with van der Waals surface area (Å²) in [5.41, 5.74) is 2.72. The van der Waals surface area contributed by atoms with Gasteiger partial charge in [0.05, 0.1) is 11.9 Å². The normalized spacial score (nSPS) is 12.1. The minimum absolute atomic E-state index is 0.134. The van der Waals surface area contributed by atoms with E-state index in [0.717, 1.165) is 24.0 Å². The Hall–Kier alpha value is -2.87. The molecule has 0 fully saturated rings. The molecule has 36 heavy (non-hydrogen) atoms. The van der Waals surface area contributed by atoms with Crippen LogP contribution in [0.1, 0.15) is 57.1 Å². The highest BCUT2D eigenvalue weighted by Gasteiger charge is 2.28. The van der Waals surface area contributed by atoms with Gasteiger partial charge in [-0.25, -0.2) is 8.42 Å². The number of hydrogen-bond donors (Lipinski definition) is 1. The lowest BCUT2D eigenvalue weighted by molar-refractivity contribution is -0.140. The van der Waals surface area contributed by atoms with Crippen molar-refractivity contribution in [3.8, 4) is 0 Å². The van der Waals surface area contributed by atoms with Crippen LogP contribution < -0.4 is 9.62 Å². The van der Waals surface area contributed by atoms with Gasteiger partial charge in [0.15, 0.2) is 0 Å². The van der Waals surface area contributed by atoms with Gasteiger partial charge >= 0.3 is 0 Å². The van der Waals surface area contributed by atoms with Gasteiger partial charge in [0, 0.05) is 26.1 Å². The first-order valence-electron chi connectivity index (χ1n) is 12.8. The third-order valence-electron chi connectivity index (χ3n) is 6.17. The molecule has 7 nitrogen and oxygen atoms in total. The van der Waals surface area contributed by atoms with E-state index in [4.69, 9.17) is 0 Å². The number of nitrogens with zero attached hydrogens (tertiary/aromatic N) is 2. The maximum Gasteiger partial charge on any atom is 0.242 e. The van der Waals surface area contributed by atoms with Crippen molar-refractivity contribution in [2.24, 2.45) is 0 Å². The van der Waals surface area contributed by atoms with Crippen LogP contribution in [0.5, 0.6) is 0 Å². The second kappa shape index (κ2) is 14.6. The second-order valence-electron chi connectivity index (χ2n) is 9.17. The van der Waals surface area contributed by atoms with Crippen molar-refractivity contribution in [2.75, 3.05) is 30.2 Å². The molecular formula is C28H41N3O4S. The molecule has 0 spiro atoms. The Morgan fingerprint density at radius 1 is 0.944 bits per heavy atom. The quantitative estimate of drug-likeness (QED) is 0.358. The number of rotatable bonds is 15. The molecule has 0 radical (unpaired) electrons. The van der Waals surface area contributed by atoms with E-state index in [2.05, 4.69) is 12.2 Å². The first-order valence-corrected chi connectivity index (χ1v) is 14.7. The fourth-order valence-electron chi connectivity index (χ4n) is 4.12. The number of anilines is 1. The first kappa shape index (κ1) is 29.4. The van der Waals surface area contributed by atoms with Crippen LogP contribution in [-0.2, 0) is 26.0 Å². The van der Waals surface area contributed by atoms with Gasteiger partial charge in [-0.3, -0.25) is 13.9 Å². The maximum absolute atomic E-state index is 13.4. The van der Waals surface area contributed by atoms with E-state index in [1.165, 1.54) is 10.6 Å². The van der Waals surface area contributed by atoms with Crippen LogP contribution in [0.3, 0.4) is 0 Å². The van der Waals surface area contributed by atoms with Crippen molar-refractivity contribution in [3.05, 3.63) is 65.7 Å². The molecule has 2 rings (SSSR count). The molecule has 0 unspecified atom stereocenters. The van der Waals surface area contributed by atoms with Crippen molar-refractivity contribution in [3.63, 3.8) is 0 Å². The number of nitrogens with one attached hydrogen (secondary N) is 1. The van der Waals surface area contributed by atoms with E-state index >= 15 is 0 Å². The number of benzene rings is 2. The number of hydrogen-bond acceptors (Lipinski definition) is 4. The molecule has 8 heteroatoms. The minimum atomic E-state index is -3.50. The van der Waals surface area contributed by atoms with Crippen molar-refractivity contribution in [2.45, 2.75) is 65.3 Å². The molecule has 0 aliphatic carbocycles. The lowest BCUT2D eigenvalue weighted by atomic mass is 10.1. The number of aryl methyl sites for hydroxylation is 1. The summed E-state index contributed by atoms with van der Waals surface area (Å²) in [6, 6.07) is 16.6. The molecule has 0 heterocycles. The van der Waals surface area contributed by atoms with Gasteiger partial charge in [-0.05, 0) is 50.3 Å². The largest absolute Gasteiger partial charge is 0.354 e. The Kier molecular flexibility index (Phi) is 11.9. The SMILES string of the molecule is CCCCNC(=O)[C@H](CC)N(CCc1ccccc1)C(=O)CCCN(c1ccc(C)cc1)S(C)(=O)=O. The van der Waals surface area contributed by atoms with E-state index in [1.807, 2.05) is 56.3 Å². The molecule has 0 aliphatic rings. The molecule has 1 N–H and O–H groups in total. The summed E-state index contributed by atoms with van der Waals surface area (Å²) >= 11 is 0. The van der Waals surface area contributed by atoms with Crippen LogP contribution in [0.25, 0.3) is 0 Å². The summed E-state index contributed by atoms with van der Waals surface area (Å²) in [5, 5.41) is 2.97. The molecular weight excluding hydrogens is 474 g/mol. The molecule has 0 aromatic heterocycles. The van der Waals surface area contributed by atoms with Gasteiger partial charge in [-0.1, -0.05) is 68.3 Å². The topological polar surface area (TPSA) is 86.8 Å². The number of carbonyl (C=O) groups is 2. The molecule has 2 aromatic rings. The van der Waals surface area contributed by atoms with Crippen LogP contribution >= 0.6 is 0 Å². The van der Waals surface area contributed by atoms with Gasteiger partial charge in [0.2, 0.25) is 21.8 Å². The molecule has 0 saturated carbocycles. The predicted molar refractivity (Wildman–Crippen MR) is 146 cm³/mol. The zero-order chi connectivity index (χ0) is 26.6. The summed E-state index contributed by atoms with van der Waals surface area (Å²) in [7, 11) is -3.50. The number of carbonyl (C=O) groups excluding carboxylic acids is 2. The van der Waals surface area contributed by atoms with Crippen LogP contribution in [0.4, 0.5) is 5.69 Å². The van der Waals surface area contributed by atoms with Crippen molar-refractivity contribution in [1.29, 1.82) is 0 Å². The Labute approximate surface area is 216 Å². The highest BCUT2D eigenvalue weighted by atomic mass is 32.2. The number of unbranched alkanes of at least 4 members (excludes halogenated alkanes) is 1. The summed E-state index contributed by atoms with van der Waals surface area (Å²) in [4.78, 5) is 28.0. The third-order valence-corrected chi connectivity index (χ3v) is 7.37. The lowest BCUT2D eigenvalue weighted by Gasteiger charge is -2.31. The highest BCUT2D eigenvalue weighted by Crippen LogP contribution is 2.19. The van der Waals surface area contributed by atoms with Crippen LogP contribution in [0.2, 0.25) is 0 Å². The van der Waals surface area contributed by atoms with Gasteiger partial charge < -0.3 is 10.2 Å². The fourth-order valence-corrected chi connectivity index (χ4v) is 5.08. The molecule has 0 bridgehead atoms. The Balaban J connectivity index is 2.12. The summed E-state index contributed by atoms with van der Waals surface area (Å²) in [6.45, 7) is 7.13. The van der Waals surface area contributed by atoms with Crippen LogP contribution in [0.15, 0.2) is 54.6 Å². The average molecular weight is 516 g/mol. The predicted octanol–water partition coefficient (Wildman–Crippen LogP) is 4.31. The highest BCUT2D eigenvalue weighted by molar-refractivity contribution is 7.92. The Morgan fingerprint density at radius 3 is 2.19 bits per heavy atom. The Bertz CT molecular complexity index is 1060. The number of amides is 2. The summed E-state index contributed by atoms with van der Waals surface area (Å²) < 4.78 is 26.2. The van der Waals surface area contributed by atoms with Crippen LogP contribution in [-0.4, -0.2) is 57.1 Å². The Morgan fingerprint density at radius 2 is 1.61 bits per heavy atom. The second-order valence-corrected chi connectivity index (χ2v) is 11.1. The molecule has 2 amide bonds. The molecule has 198 valence electrons. The first-order chi connectivity index (χ1) is 17.2. The van der Waals surface area contributed by atoms with Crippen molar-refractivity contribution >= 4 is 27.5 Å². The standard InChI is InChI=1S/C28H41N3O4S/c1-5-7-20-29-28(33)26(6-2)30(22-19-24-12-9-8-10-13-24)27(32)14-11-21-31(36(4,34)35)25-17-15-23(3)16-18-25/h8-10,12-13,15-18,26H,5-7,11,14,19-22H2,1-4H3,(H,29,33)/t26-/m0/s1. The molecule has 2 aromatic carbocycles. The van der Waals surface area contributed by atoms with Crippen LogP contribution in [0, 0.1) is 6.92 Å². The van der Waals surface area contributed by atoms with Gasteiger partial charge in [-0.2, -0.15) is 0 Å². The zero-order valence-electron chi connectivity index (χ0n) is 22.1. The average Bonchev–Trinajstić information content (AvgIpc) is 2.85. The lowest BCUT2D eigenvalue weighted by Crippen LogP contribution is -2.50. The van der Waals surface area contributed by atoms with E-state index in [-0.39, 0.29) is 24.8 Å². The minimum Gasteiger partial charge on any atom is -0.354 e. The number of sulfonamides is 1. The van der Waals surface area contributed by atoms with Gasteiger partial charge in [0.25, 0.3) is 0 Å². The smallest absolute Gasteiger partial charge is 0.242 e.